The van der Waals surface area contributed by atoms with Gasteiger partial charge in [0.2, 0.25) is 0 Å². The molecule has 0 saturated heterocycles. The van der Waals surface area contributed by atoms with E-state index >= 15 is 0 Å². The van der Waals surface area contributed by atoms with E-state index in [1.54, 1.807) is 31.2 Å². The second-order valence-electron chi connectivity index (χ2n) is 6.17. The maximum Gasteiger partial charge on any atom is 0.417 e. The summed E-state index contributed by atoms with van der Waals surface area (Å²) < 4.78 is 47.1. The minimum atomic E-state index is -4.58. The molecule has 0 amide bonds. The monoisotopic (exact) mass is 377 g/mol. The zero-order valence-electron chi connectivity index (χ0n) is 15.1. The van der Waals surface area contributed by atoms with Gasteiger partial charge in [-0.1, -0.05) is 29.8 Å². The SMILES string of the molecule is CCOC(=O)Cn1nc(C)c2c(C(F)(F)F)cc(-c3ccc(C)cc3)nc21. The van der Waals surface area contributed by atoms with E-state index in [0.717, 1.165) is 16.3 Å². The number of fused-ring (bicyclic) bond motifs is 1. The first-order valence-electron chi connectivity index (χ1n) is 8.38. The molecule has 0 N–H and O–H groups in total. The largest absolute Gasteiger partial charge is 0.465 e. The summed E-state index contributed by atoms with van der Waals surface area (Å²) in [6.07, 6.45) is -4.58. The lowest BCUT2D eigenvalue weighted by atomic mass is 10.0. The molecule has 3 rings (SSSR count). The van der Waals surface area contributed by atoms with Crippen molar-refractivity contribution in [2.24, 2.45) is 0 Å². The van der Waals surface area contributed by atoms with Gasteiger partial charge in [0.05, 0.1) is 28.9 Å². The summed E-state index contributed by atoms with van der Waals surface area (Å²) >= 11 is 0. The number of nitrogens with zero attached hydrogens (tertiary/aromatic N) is 3. The van der Waals surface area contributed by atoms with Crippen LogP contribution >= 0.6 is 0 Å². The normalized spacial score (nSPS) is 11.8. The lowest BCUT2D eigenvalue weighted by Gasteiger charge is -2.12. The molecular weight excluding hydrogens is 359 g/mol. The molecule has 2 aromatic heterocycles. The summed E-state index contributed by atoms with van der Waals surface area (Å²) in [5.74, 6) is -0.585. The fraction of sp³-hybridized carbons (Fsp3) is 0.316. The van der Waals surface area contributed by atoms with E-state index in [1.807, 2.05) is 6.92 Å². The molecule has 8 heteroatoms. The lowest BCUT2D eigenvalue weighted by Crippen LogP contribution is -2.15. The Labute approximate surface area is 153 Å². The molecule has 2 heterocycles. The van der Waals surface area contributed by atoms with E-state index in [2.05, 4.69) is 10.1 Å². The van der Waals surface area contributed by atoms with Crippen LogP contribution in [0.4, 0.5) is 13.2 Å². The van der Waals surface area contributed by atoms with Crippen molar-refractivity contribution in [3.8, 4) is 11.3 Å². The summed E-state index contributed by atoms with van der Waals surface area (Å²) in [7, 11) is 0. The molecule has 0 spiro atoms. The van der Waals surface area contributed by atoms with E-state index in [0.29, 0.717) is 5.56 Å². The Morgan fingerprint density at radius 3 is 2.44 bits per heavy atom. The van der Waals surface area contributed by atoms with Crippen LogP contribution in [-0.4, -0.2) is 27.3 Å². The highest BCUT2D eigenvalue weighted by molar-refractivity contribution is 5.86. The van der Waals surface area contributed by atoms with Crippen molar-refractivity contribution >= 4 is 17.0 Å². The molecule has 0 aliphatic heterocycles. The molecule has 0 aliphatic carbocycles. The molecule has 0 unspecified atom stereocenters. The van der Waals surface area contributed by atoms with E-state index in [1.165, 1.54) is 6.92 Å². The van der Waals surface area contributed by atoms with Crippen LogP contribution in [0, 0.1) is 13.8 Å². The van der Waals surface area contributed by atoms with Crippen LogP contribution < -0.4 is 0 Å². The standard InChI is InChI=1S/C19H18F3N3O2/c1-4-27-16(26)10-25-18-17(12(3)24-25)14(19(20,21)22)9-15(23-18)13-7-5-11(2)6-8-13/h5-9H,4,10H2,1-3H3. The fourth-order valence-electron chi connectivity index (χ4n) is 2.89. The van der Waals surface area contributed by atoms with Crippen molar-refractivity contribution in [3.63, 3.8) is 0 Å². The molecule has 1 aromatic carbocycles. The second kappa shape index (κ2) is 7.02. The number of carbonyl (C=O) groups excluding carboxylic acids is 1. The quantitative estimate of drug-likeness (QED) is 0.636. The number of halogens is 3. The van der Waals surface area contributed by atoms with Crippen LogP contribution in [-0.2, 0) is 22.3 Å². The summed E-state index contributed by atoms with van der Waals surface area (Å²) in [6.45, 7) is 4.87. The number of hydrogen-bond acceptors (Lipinski definition) is 4. The molecule has 5 nitrogen and oxygen atoms in total. The molecule has 27 heavy (non-hydrogen) atoms. The molecule has 0 bridgehead atoms. The van der Waals surface area contributed by atoms with Crippen molar-refractivity contribution in [2.45, 2.75) is 33.5 Å². The van der Waals surface area contributed by atoms with Gasteiger partial charge in [-0.15, -0.1) is 0 Å². The second-order valence-corrected chi connectivity index (χ2v) is 6.17. The third-order valence-electron chi connectivity index (χ3n) is 4.11. The number of aryl methyl sites for hydroxylation is 2. The van der Waals surface area contributed by atoms with E-state index in [4.69, 9.17) is 4.74 Å². The molecule has 0 atom stereocenters. The van der Waals surface area contributed by atoms with Crippen molar-refractivity contribution in [2.75, 3.05) is 6.61 Å². The number of carbonyl (C=O) groups is 1. The molecule has 0 saturated carbocycles. The zero-order chi connectivity index (χ0) is 19.8. The van der Waals surface area contributed by atoms with Gasteiger partial charge in [-0.05, 0) is 26.8 Å². The summed E-state index contributed by atoms with van der Waals surface area (Å²) in [5.41, 5.74) is 1.04. The molecule has 0 fully saturated rings. The Kier molecular flexibility index (Phi) is 4.91. The number of benzene rings is 1. The molecule has 0 radical (unpaired) electrons. The Bertz CT molecular complexity index is 992. The highest BCUT2D eigenvalue weighted by Gasteiger charge is 2.35. The van der Waals surface area contributed by atoms with Crippen molar-refractivity contribution in [3.05, 3.63) is 47.2 Å². The number of alkyl halides is 3. The lowest BCUT2D eigenvalue weighted by molar-refractivity contribution is -0.144. The first-order valence-corrected chi connectivity index (χ1v) is 8.38. The van der Waals surface area contributed by atoms with Gasteiger partial charge in [-0.3, -0.25) is 4.79 Å². The van der Waals surface area contributed by atoms with Gasteiger partial charge >= 0.3 is 12.1 Å². The minimum Gasteiger partial charge on any atom is -0.465 e. The fourth-order valence-corrected chi connectivity index (χ4v) is 2.89. The van der Waals surface area contributed by atoms with Crippen molar-refractivity contribution < 1.29 is 22.7 Å². The summed E-state index contributed by atoms with van der Waals surface area (Å²) in [6, 6.07) is 8.05. The van der Waals surface area contributed by atoms with Crippen molar-refractivity contribution in [1.29, 1.82) is 0 Å². The average molecular weight is 377 g/mol. The molecule has 0 aliphatic rings. The molecule has 3 aromatic rings. The van der Waals surface area contributed by atoms with E-state index < -0.39 is 17.7 Å². The van der Waals surface area contributed by atoms with Gasteiger partial charge in [0.15, 0.2) is 5.65 Å². The highest BCUT2D eigenvalue weighted by Crippen LogP contribution is 2.38. The first-order chi connectivity index (χ1) is 12.7. The zero-order valence-corrected chi connectivity index (χ0v) is 15.1. The predicted molar refractivity (Wildman–Crippen MR) is 94.1 cm³/mol. The van der Waals surface area contributed by atoms with E-state index in [9.17, 15) is 18.0 Å². The number of rotatable bonds is 4. The van der Waals surface area contributed by atoms with Crippen LogP contribution in [0.1, 0.15) is 23.7 Å². The number of ether oxygens (including phenoxy) is 1. The maximum atomic E-state index is 13.7. The Balaban J connectivity index is 2.24. The van der Waals surface area contributed by atoms with Gasteiger partial charge in [-0.25, -0.2) is 9.67 Å². The number of aromatic nitrogens is 3. The average Bonchev–Trinajstić information content (AvgIpc) is 2.90. The smallest absolute Gasteiger partial charge is 0.417 e. The van der Waals surface area contributed by atoms with Crippen LogP contribution in [0.2, 0.25) is 0 Å². The Morgan fingerprint density at radius 2 is 1.85 bits per heavy atom. The van der Waals surface area contributed by atoms with E-state index in [-0.39, 0.29) is 35.6 Å². The van der Waals surface area contributed by atoms with Crippen LogP contribution in [0.3, 0.4) is 0 Å². The van der Waals surface area contributed by atoms with Gasteiger partial charge in [0, 0.05) is 5.56 Å². The Hall–Kier alpha value is -2.90. The molecule has 142 valence electrons. The topological polar surface area (TPSA) is 57.0 Å². The van der Waals surface area contributed by atoms with Crippen molar-refractivity contribution in [1.82, 2.24) is 14.8 Å². The third-order valence-corrected chi connectivity index (χ3v) is 4.11. The third kappa shape index (κ3) is 3.79. The van der Waals surface area contributed by atoms with Gasteiger partial charge in [0.25, 0.3) is 0 Å². The first kappa shape index (κ1) is 18.9. The highest BCUT2D eigenvalue weighted by atomic mass is 19.4. The Morgan fingerprint density at radius 1 is 1.19 bits per heavy atom. The predicted octanol–water partition coefficient (Wildman–Crippen LogP) is 4.30. The van der Waals surface area contributed by atoms with Crippen LogP contribution in [0.15, 0.2) is 30.3 Å². The van der Waals surface area contributed by atoms with Crippen LogP contribution in [0.5, 0.6) is 0 Å². The van der Waals surface area contributed by atoms with Gasteiger partial charge < -0.3 is 4.74 Å². The van der Waals surface area contributed by atoms with Crippen LogP contribution in [0.25, 0.3) is 22.3 Å². The number of esters is 1. The maximum absolute atomic E-state index is 13.7. The number of pyridine rings is 1. The minimum absolute atomic E-state index is 0.00551. The summed E-state index contributed by atoms with van der Waals surface area (Å²) in [4.78, 5) is 16.2. The van der Waals surface area contributed by atoms with Gasteiger partial charge in [0.1, 0.15) is 6.54 Å². The van der Waals surface area contributed by atoms with Gasteiger partial charge in [-0.2, -0.15) is 18.3 Å². The molecular formula is C19H18F3N3O2. The summed E-state index contributed by atoms with van der Waals surface area (Å²) in [5, 5.41) is 3.98. The number of hydrogen-bond donors (Lipinski definition) is 0.